The molecule has 0 bridgehead atoms. The SMILES string of the molecule is Cc1ccc(-n2nc(C)c(C(=O)N[C@@H]3COc4cccc(CN5CCN(C)CC5)c4C3)n2)c(C)c1. The maximum Gasteiger partial charge on any atom is 0.274 e. The average Bonchev–Trinajstić information content (AvgIpc) is 3.22. The van der Waals surface area contributed by atoms with Crippen LogP contribution in [0.5, 0.6) is 5.75 Å². The van der Waals surface area contributed by atoms with Crippen LogP contribution in [0.4, 0.5) is 0 Å². The monoisotopic (exact) mass is 474 g/mol. The van der Waals surface area contributed by atoms with Crippen LogP contribution in [0.3, 0.4) is 0 Å². The Morgan fingerprint density at radius 1 is 1.09 bits per heavy atom. The van der Waals surface area contributed by atoms with E-state index in [0.717, 1.165) is 56.1 Å². The van der Waals surface area contributed by atoms with Crippen molar-refractivity contribution < 1.29 is 9.53 Å². The molecule has 0 aliphatic carbocycles. The third-order valence-electron chi connectivity index (χ3n) is 7.01. The lowest BCUT2D eigenvalue weighted by Gasteiger charge is -2.34. The van der Waals surface area contributed by atoms with Gasteiger partial charge < -0.3 is 15.0 Å². The van der Waals surface area contributed by atoms with Crippen molar-refractivity contribution in [2.75, 3.05) is 39.8 Å². The Labute approximate surface area is 206 Å². The molecule has 1 N–H and O–H groups in total. The third-order valence-corrected chi connectivity index (χ3v) is 7.01. The van der Waals surface area contributed by atoms with Gasteiger partial charge in [-0.2, -0.15) is 9.90 Å². The average molecular weight is 475 g/mol. The summed E-state index contributed by atoms with van der Waals surface area (Å²) in [6, 6.07) is 12.3. The summed E-state index contributed by atoms with van der Waals surface area (Å²) >= 11 is 0. The minimum atomic E-state index is -0.216. The molecule has 2 aliphatic rings. The number of hydrogen-bond acceptors (Lipinski definition) is 6. The fourth-order valence-corrected chi connectivity index (χ4v) is 4.94. The van der Waals surface area contributed by atoms with Crippen LogP contribution in [0.15, 0.2) is 36.4 Å². The first-order valence-electron chi connectivity index (χ1n) is 12.3. The van der Waals surface area contributed by atoms with Crippen molar-refractivity contribution in [1.29, 1.82) is 0 Å². The number of fused-ring (bicyclic) bond motifs is 1. The van der Waals surface area contributed by atoms with Gasteiger partial charge in [-0.3, -0.25) is 9.69 Å². The van der Waals surface area contributed by atoms with Gasteiger partial charge in [0.05, 0.1) is 17.4 Å². The molecule has 184 valence electrons. The number of likely N-dealkylation sites (N-methyl/N-ethyl adjacent to an activating group) is 1. The predicted molar refractivity (Wildman–Crippen MR) is 135 cm³/mol. The van der Waals surface area contributed by atoms with E-state index in [1.54, 1.807) is 4.80 Å². The van der Waals surface area contributed by atoms with Crippen LogP contribution in [-0.4, -0.2) is 76.6 Å². The van der Waals surface area contributed by atoms with E-state index in [9.17, 15) is 4.79 Å². The normalized spacial score (nSPS) is 18.7. The van der Waals surface area contributed by atoms with Gasteiger partial charge >= 0.3 is 0 Å². The second kappa shape index (κ2) is 9.79. The molecule has 0 saturated carbocycles. The Morgan fingerprint density at radius 3 is 2.66 bits per heavy atom. The Morgan fingerprint density at radius 2 is 1.89 bits per heavy atom. The molecule has 2 aliphatic heterocycles. The van der Waals surface area contributed by atoms with Gasteiger partial charge in [0, 0.05) is 38.3 Å². The fraction of sp³-hybridized carbons (Fsp3) is 0.444. The van der Waals surface area contributed by atoms with E-state index in [0.29, 0.717) is 18.0 Å². The van der Waals surface area contributed by atoms with Crippen molar-refractivity contribution in [3.8, 4) is 11.4 Å². The van der Waals surface area contributed by atoms with E-state index >= 15 is 0 Å². The number of nitrogens with one attached hydrogen (secondary N) is 1. The van der Waals surface area contributed by atoms with Crippen LogP contribution >= 0.6 is 0 Å². The molecule has 1 atom stereocenters. The molecule has 1 amide bonds. The van der Waals surface area contributed by atoms with E-state index in [-0.39, 0.29) is 11.9 Å². The van der Waals surface area contributed by atoms with Crippen molar-refractivity contribution in [1.82, 2.24) is 30.1 Å². The molecular formula is C27H34N6O2. The van der Waals surface area contributed by atoms with Gasteiger partial charge in [-0.25, -0.2) is 0 Å². The number of carbonyl (C=O) groups is 1. The Balaban J connectivity index is 1.29. The lowest BCUT2D eigenvalue weighted by atomic mass is 9.96. The van der Waals surface area contributed by atoms with E-state index < -0.39 is 0 Å². The van der Waals surface area contributed by atoms with E-state index in [1.165, 1.54) is 16.7 Å². The minimum Gasteiger partial charge on any atom is -0.491 e. The summed E-state index contributed by atoms with van der Waals surface area (Å²) in [5.74, 6) is 0.714. The quantitative estimate of drug-likeness (QED) is 0.613. The van der Waals surface area contributed by atoms with Gasteiger partial charge in [0.2, 0.25) is 0 Å². The molecule has 1 saturated heterocycles. The summed E-state index contributed by atoms with van der Waals surface area (Å²) in [5, 5.41) is 12.2. The van der Waals surface area contributed by atoms with Crippen molar-refractivity contribution in [3.05, 3.63) is 70.0 Å². The summed E-state index contributed by atoms with van der Waals surface area (Å²) in [6.45, 7) is 11.6. The van der Waals surface area contributed by atoms with Crippen LogP contribution in [-0.2, 0) is 13.0 Å². The highest BCUT2D eigenvalue weighted by Crippen LogP contribution is 2.29. The molecule has 35 heavy (non-hydrogen) atoms. The number of benzene rings is 2. The Kier molecular flexibility index (Phi) is 6.58. The number of nitrogens with zero attached hydrogens (tertiary/aromatic N) is 5. The highest BCUT2D eigenvalue weighted by Gasteiger charge is 2.27. The third kappa shape index (κ3) is 5.09. The maximum absolute atomic E-state index is 13.2. The van der Waals surface area contributed by atoms with Gasteiger partial charge in [-0.15, -0.1) is 5.10 Å². The van der Waals surface area contributed by atoms with E-state index in [1.807, 2.05) is 32.0 Å². The largest absolute Gasteiger partial charge is 0.491 e. The maximum atomic E-state index is 13.2. The van der Waals surface area contributed by atoms with E-state index in [4.69, 9.17) is 4.74 Å². The first-order valence-corrected chi connectivity index (χ1v) is 12.3. The molecule has 5 rings (SSSR count). The topological polar surface area (TPSA) is 75.5 Å². The van der Waals surface area contributed by atoms with Gasteiger partial charge in [-0.05, 0) is 57.5 Å². The lowest BCUT2D eigenvalue weighted by Crippen LogP contribution is -2.45. The van der Waals surface area contributed by atoms with Crippen LogP contribution in [0.25, 0.3) is 5.69 Å². The van der Waals surface area contributed by atoms with Crippen molar-refractivity contribution in [2.45, 2.75) is 39.8 Å². The number of aromatic nitrogens is 3. The molecule has 1 aromatic heterocycles. The molecule has 0 radical (unpaired) electrons. The summed E-state index contributed by atoms with van der Waals surface area (Å²) < 4.78 is 6.07. The minimum absolute atomic E-state index is 0.116. The summed E-state index contributed by atoms with van der Waals surface area (Å²) in [7, 11) is 2.17. The number of piperazine rings is 1. The number of amides is 1. The van der Waals surface area contributed by atoms with Gasteiger partial charge in [-0.1, -0.05) is 29.8 Å². The molecule has 0 unspecified atom stereocenters. The zero-order valence-electron chi connectivity index (χ0n) is 21.0. The summed E-state index contributed by atoms with van der Waals surface area (Å²) in [5.41, 5.74) is 6.55. The number of carbonyl (C=O) groups excluding carboxylic acids is 1. The second-order valence-corrected chi connectivity index (χ2v) is 9.87. The highest BCUT2D eigenvalue weighted by molar-refractivity contribution is 5.93. The molecule has 8 nitrogen and oxygen atoms in total. The highest BCUT2D eigenvalue weighted by atomic mass is 16.5. The van der Waals surface area contributed by atoms with Gasteiger partial charge in [0.1, 0.15) is 12.4 Å². The van der Waals surface area contributed by atoms with Gasteiger partial charge in [0.25, 0.3) is 5.91 Å². The zero-order chi connectivity index (χ0) is 24.5. The van der Waals surface area contributed by atoms with Crippen LogP contribution in [0, 0.1) is 20.8 Å². The number of aryl methyl sites for hydroxylation is 3. The standard InChI is InChI=1S/C27H34N6O2/c1-18-8-9-24(19(2)14-18)33-29-20(3)26(30-33)27(34)28-22-15-23-21(6-5-7-25(23)35-17-22)16-32-12-10-31(4)11-13-32/h5-9,14,22H,10-13,15-17H2,1-4H3,(H,28,34)/t22-/m0/s1. The summed E-state index contributed by atoms with van der Waals surface area (Å²) in [6.07, 6.45) is 0.745. The molecule has 2 aromatic carbocycles. The van der Waals surface area contributed by atoms with Crippen molar-refractivity contribution >= 4 is 5.91 Å². The fourth-order valence-electron chi connectivity index (χ4n) is 4.94. The number of hydrogen-bond donors (Lipinski definition) is 1. The van der Waals surface area contributed by atoms with E-state index in [2.05, 4.69) is 57.5 Å². The molecular weight excluding hydrogens is 440 g/mol. The molecule has 0 spiro atoms. The lowest BCUT2D eigenvalue weighted by molar-refractivity contribution is 0.0908. The second-order valence-electron chi connectivity index (χ2n) is 9.87. The molecule has 8 heteroatoms. The Bertz CT molecular complexity index is 1230. The number of ether oxygens (including phenoxy) is 1. The Hall–Kier alpha value is -3.23. The predicted octanol–water partition coefficient (Wildman–Crippen LogP) is 2.67. The first kappa shape index (κ1) is 23.5. The number of rotatable bonds is 5. The smallest absolute Gasteiger partial charge is 0.274 e. The van der Waals surface area contributed by atoms with Crippen LogP contribution in [0.1, 0.15) is 38.4 Å². The summed E-state index contributed by atoms with van der Waals surface area (Å²) in [4.78, 5) is 19.6. The van der Waals surface area contributed by atoms with Crippen molar-refractivity contribution in [2.24, 2.45) is 0 Å². The van der Waals surface area contributed by atoms with Gasteiger partial charge in [0.15, 0.2) is 5.69 Å². The van der Waals surface area contributed by atoms with Crippen molar-refractivity contribution in [3.63, 3.8) is 0 Å². The van der Waals surface area contributed by atoms with Crippen LogP contribution in [0.2, 0.25) is 0 Å². The van der Waals surface area contributed by atoms with Crippen LogP contribution < -0.4 is 10.1 Å². The molecule has 3 aromatic rings. The molecule has 1 fully saturated rings. The first-order chi connectivity index (χ1) is 16.9. The molecule has 3 heterocycles. The zero-order valence-corrected chi connectivity index (χ0v) is 21.0.